The fourth-order valence-electron chi connectivity index (χ4n) is 2.93. The van der Waals surface area contributed by atoms with Crippen molar-refractivity contribution in [2.75, 3.05) is 13.2 Å². The van der Waals surface area contributed by atoms with Crippen molar-refractivity contribution in [1.29, 1.82) is 0 Å². The van der Waals surface area contributed by atoms with Crippen LogP contribution >= 0.6 is 0 Å². The lowest BCUT2D eigenvalue weighted by Gasteiger charge is -2.10. The summed E-state index contributed by atoms with van der Waals surface area (Å²) in [5.41, 5.74) is 9.43. The van der Waals surface area contributed by atoms with E-state index in [9.17, 15) is 19.2 Å². The average Bonchev–Trinajstić information content (AvgIpc) is 2.91. The summed E-state index contributed by atoms with van der Waals surface area (Å²) in [4.78, 5) is 53.3. The molecule has 0 atom stereocenters. The third-order valence-electron chi connectivity index (χ3n) is 4.65. The molecule has 0 spiro atoms. The van der Waals surface area contributed by atoms with Crippen molar-refractivity contribution in [2.24, 2.45) is 0 Å². The predicted octanol–water partition coefficient (Wildman–Crippen LogP) is 2.03. The van der Waals surface area contributed by atoms with Gasteiger partial charge in [-0.1, -0.05) is 6.07 Å². The summed E-state index contributed by atoms with van der Waals surface area (Å²) in [5, 5.41) is 0. The monoisotopic (exact) mass is 491 g/mol. The van der Waals surface area contributed by atoms with E-state index in [1.54, 1.807) is 48.5 Å². The first-order valence-electron chi connectivity index (χ1n) is 11.1. The van der Waals surface area contributed by atoms with E-state index in [2.05, 4.69) is 26.7 Å². The number of nitrogens with zero attached hydrogens (tertiary/aromatic N) is 1. The second-order valence-electron chi connectivity index (χ2n) is 7.14. The Morgan fingerprint density at radius 2 is 0.944 bits per heavy atom. The van der Waals surface area contributed by atoms with Gasteiger partial charge in [0.1, 0.15) is 22.9 Å². The molecule has 0 saturated carbocycles. The van der Waals surface area contributed by atoms with Gasteiger partial charge < -0.3 is 9.47 Å². The number of carbonyl (C=O) groups excluding carboxylic acids is 4. The molecule has 0 aliphatic carbocycles. The highest BCUT2D eigenvalue weighted by atomic mass is 16.5. The van der Waals surface area contributed by atoms with Gasteiger partial charge in [0.05, 0.1) is 13.2 Å². The van der Waals surface area contributed by atoms with Crippen molar-refractivity contribution in [3.63, 3.8) is 0 Å². The van der Waals surface area contributed by atoms with Gasteiger partial charge in [0, 0.05) is 11.1 Å². The van der Waals surface area contributed by atoms with E-state index in [1.165, 1.54) is 18.2 Å². The van der Waals surface area contributed by atoms with Gasteiger partial charge in [-0.25, -0.2) is 4.98 Å². The summed E-state index contributed by atoms with van der Waals surface area (Å²) in [5.74, 6) is -1.32. The summed E-state index contributed by atoms with van der Waals surface area (Å²) in [6, 6.07) is 16.9. The lowest BCUT2D eigenvalue weighted by atomic mass is 10.2. The molecule has 11 nitrogen and oxygen atoms in total. The molecule has 0 aliphatic heterocycles. The van der Waals surface area contributed by atoms with Crippen LogP contribution in [0.5, 0.6) is 11.5 Å². The third-order valence-corrected chi connectivity index (χ3v) is 4.65. The second kappa shape index (κ2) is 12.5. The standard InChI is InChI=1S/C25H25N5O6/c1-3-35-18-12-8-16(9-13-18)22(31)27-29-24(33)20-6-5-7-21(26-20)25(34)30-28-23(32)17-10-14-19(15-11-17)36-4-2/h5-15H,3-4H2,1-2H3,(H,27,31)(H,28,32)(H,29,33)(H,30,34). The summed E-state index contributed by atoms with van der Waals surface area (Å²) in [6.45, 7) is 4.70. The number of rotatable bonds is 8. The molecule has 4 amide bonds. The summed E-state index contributed by atoms with van der Waals surface area (Å²) in [7, 11) is 0. The Labute approximate surface area is 207 Å². The maximum atomic E-state index is 12.4. The Morgan fingerprint density at radius 3 is 1.31 bits per heavy atom. The zero-order valence-electron chi connectivity index (χ0n) is 19.7. The van der Waals surface area contributed by atoms with Crippen LogP contribution in [0.4, 0.5) is 0 Å². The van der Waals surface area contributed by atoms with E-state index in [1.807, 2.05) is 13.8 Å². The van der Waals surface area contributed by atoms with E-state index in [0.717, 1.165) is 0 Å². The third kappa shape index (κ3) is 7.03. The van der Waals surface area contributed by atoms with Crippen LogP contribution in [-0.2, 0) is 0 Å². The van der Waals surface area contributed by atoms with Crippen LogP contribution in [0, 0.1) is 0 Å². The Morgan fingerprint density at radius 1 is 0.583 bits per heavy atom. The van der Waals surface area contributed by atoms with Crippen LogP contribution in [0.3, 0.4) is 0 Å². The van der Waals surface area contributed by atoms with Gasteiger partial charge in [-0.3, -0.25) is 40.9 Å². The number of pyridine rings is 1. The van der Waals surface area contributed by atoms with Crippen molar-refractivity contribution >= 4 is 23.6 Å². The maximum Gasteiger partial charge on any atom is 0.288 e. The van der Waals surface area contributed by atoms with Crippen LogP contribution < -0.4 is 31.2 Å². The molecule has 11 heteroatoms. The molecule has 0 saturated heterocycles. The second-order valence-corrected chi connectivity index (χ2v) is 7.14. The molecule has 3 rings (SSSR count). The first kappa shape index (κ1) is 25.7. The Balaban J connectivity index is 1.53. The smallest absolute Gasteiger partial charge is 0.288 e. The highest BCUT2D eigenvalue weighted by Crippen LogP contribution is 2.12. The Bertz CT molecular complexity index is 1140. The van der Waals surface area contributed by atoms with Crippen LogP contribution in [0.2, 0.25) is 0 Å². The quantitative estimate of drug-likeness (QED) is 0.353. The SMILES string of the molecule is CCOc1ccc(C(=O)NNC(=O)c2cccc(C(=O)NNC(=O)c3ccc(OCC)cc3)n2)cc1. The number of hydrogen-bond acceptors (Lipinski definition) is 7. The van der Waals surface area contributed by atoms with Gasteiger partial charge in [0.25, 0.3) is 23.6 Å². The molecule has 2 aromatic carbocycles. The number of benzene rings is 2. The van der Waals surface area contributed by atoms with E-state index >= 15 is 0 Å². The lowest BCUT2D eigenvalue weighted by Crippen LogP contribution is -2.43. The molecule has 1 heterocycles. The number of hydrazine groups is 2. The molecule has 3 aromatic rings. The summed E-state index contributed by atoms with van der Waals surface area (Å²) >= 11 is 0. The predicted molar refractivity (Wildman–Crippen MR) is 129 cm³/mol. The zero-order chi connectivity index (χ0) is 25.9. The summed E-state index contributed by atoms with van der Waals surface area (Å²) in [6.07, 6.45) is 0. The Kier molecular flexibility index (Phi) is 8.93. The highest BCUT2D eigenvalue weighted by Gasteiger charge is 2.15. The molecule has 0 unspecified atom stereocenters. The molecule has 4 N–H and O–H groups in total. The molecule has 1 aromatic heterocycles. The molecule has 0 aliphatic rings. The minimum absolute atomic E-state index is 0.118. The number of hydrogen-bond donors (Lipinski definition) is 4. The molecular weight excluding hydrogens is 466 g/mol. The minimum atomic E-state index is -0.734. The first-order chi connectivity index (χ1) is 17.4. The molecule has 0 radical (unpaired) electrons. The van der Waals surface area contributed by atoms with Crippen molar-refractivity contribution < 1.29 is 28.7 Å². The van der Waals surface area contributed by atoms with Crippen LogP contribution in [0.1, 0.15) is 55.5 Å². The fraction of sp³-hybridized carbons (Fsp3) is 0.160. The number of nitrogens with one attached hydrogen (secondary N) is 4. The van der Waals surface area contributed by atoms with Gasteiger partial charge in [-0.05, 0) is 74.5 Å². The van der Waals surface area contributed by atoms with E-state index in [0.29, 0.717) is 35.8 Å². The van der Waals surface area contributed by atoms with Crippen LogP contribution in [-0.4, -0.2) is 41.8 Å². The summed E-state index contributed by atoms with van der Waals surface area (Å²) < 4.78 is 10.6. The van der Waals surface area contributed by atoms with Gasteiger partial charge in [0.2, 0.25) is 0 Å². The molecular formula is C25H25N5O6. The van der Waals surface area contributed by atoms with E-state index in [4.69, 9.17) is 9.47 Å². The Hall–Kier alpha value is -4.93. The van der Waals surface area contributed by atoms with Gasteiger partial charge in [-0.2, -0.15) is 0 Å². The van der Waals surface area contributed by atoms with Crippen molar-refractivity contribution in [3.05, 3.63) is 89.2 Å². The van der Waals surface area contributed by atoms with Crippen molar-refractivity contribution in [1.82, 2.24) is 26.7 Å². The van der Waals surface area contributed by atoms with E-state index < -0.39 is 23.6 Å². The van der Waals surface area contributed by atoms with Crippen molar-refractivity contribution in [3.8, 4) is 11.5 Å². The number of amides is 4. The van der Waals surface area contributed by atoms with Crippen LogP contribution in [0.25, 0.3) is 0 Å². The number of aromatic nitrogens is 1. The fourth-order valence-corrected chi connectivity index (χ4v) is 2.93. The normalized spacial score (nSPS) is 10.1. The molecule has 0 bridgehead atoms. The topological polar surface area (TPSA) is 148 Å². The van der Waals surface area contributed by atoms with Gasteiger partial charge in [-0.15, -0.1) is 0 Å². The zero-order valence-corrected chi connectivity index (χ0v) is 19.7. The highest BCUT2D eigenvalue weighted by molar-refractivity contribution is 6.00. The first-order valence-corrected chi connectivity index (χ1v) is 11.1. The largest absolute Gasteiger partial charge is 0.494 e. The van der Waals surface area contributed by atoms with Crippen LogP contribution in [0.15, 0.2) is 66.7 Å². The maximum absolute atomic E-state index is 12.4. The van der Waals surface area contributed by atoms with Crippen molar-refractivity contribution in [2.45, 2.75) is 13.8 Å². The van der Waals surface area contributed by atoms with E-state index in [-0.39, 0.29) is 11.4 Å². The van der Waals surface area contributed by atoms with Gasteiger partial charge in [0.15, 0.2) is 0 Å². The number of carbonyl (C=O) groups is 4. The minimum Gasteiger partial charge on any atom is -0.494 e. The van der Waals surface area contributed by atoms with Gasteiger partial charge >= 0.3 is 0 Å². The average molecular weight is 492 g/mol. The molecule has 36 heavy (non-hydrogen) atoms. The lowest BCUT2D eigenvalue weighted by molar-refractivity contribution is 0.0836. The molecule has 0 fully saturated rings. The number of ether oxygens (including phenoxy) is 2. The molecule has 186 valence electrons.